The van der Waals surface area contributed by atoms with Crippen molar-refractivity contribution in [2.75, 3.05) is 25.0 Å². The van der Waals surface area contributed by atoms with Crippen molar-refractivity contribution in [1.29, 1.82) is 0 Å². The Morgan fingerprint density at radius 3 is 2.44 bits per heavy atom. The number of aromatic nitrogens is 1. The molecular weight excluding hydrogens is 498 g/mol. The van der Waals surface area contributed by atoms with Gasteiger partial charge in [0.05, 0.1) is 28.3 Å². The molecule has 0 unspecified atom stereocenters. The standard InChI is InChI=1S/C26H27N3O5S2/c1-4-34-21-11-14-23-24(17-21)35-26(29(23)15-16-33-3)27-25(30)19-7-9-20(10-8-19)28-36(31,32)22-12-5-18(2)6-13-22/h5-14,17,28H,4,15-16H2,1-3H3. The number of amides is 1. The predicted octanol–water partition coefficient (Wildman–Crippen LogP) is 4.60. The lowest BCUT2D eigenvalue weighted by Crippen LogP contribution is -2.19. The molecule has 4 aromatic rings. The van der Waals surface area contributed by atoms with Gasteiger partial charge in [0.15, 0.2) is 4.80 Å². The van der Waals surface area contributed by atoms with Crippen LogP contribution in [0.1, 0.15) is 22.8 Å². The van der Waals surface area contributed by atoms with Gasteiger partial charge in [0.25, 0.3) is 15.9 Å². The van der Waals surface area contributed by atoms with E-state index in [0.29, 0.717) is 35.8 Å². The van der Waals surface area contributed by atoms with Crippen molar-refractivity contribution in [3.8, 4) is 5.75 Å². The first-order valence-corrected chi connectivity index (χ1v) is 13.6. The topological polar surface area (TPSA) is 99.0 Å². The summed E-state index contributed by atoms with van der Waals surface area (Å²) >= 11 is 1.40. The number of thiazole rings is 1. The summed E-state index contributed by atoms with van der Waals surface area (Å²) in [5, 5.41) is 0. The first-order chi connectivity index (χ1) is 17.3. The zero-order valence-corrected chi connectivity index (χ0v) is 21.9. The van der Waals surface area contributed by atoms with Crippen LogP contribution in [0, 0.1) is 6.92 Å². The second-order valence-corrected chi connectivity index (χ2v) is 10.7. The maximum absolute atomic E-state index is 13.0. The van der Waals surface area contributed by atoms with Crippen LogP contribution in [0.2, 0.25) is 0 Å². The summed E-state index contributed by atoms with van der Waals surface area (Å²) in [4.78, 5) is 18.0. The van der Waals surface area contributed by atoms with E-state index in [2.05, 4.69) is 9.71 Å². The van der Waals surface area contributed by atoms with Crippen LogP contribution in [0.4, 0.5) is 5.69 Å². The van der Waals surface area contributed by atoms with Gasteiger partial charge in [-0.2, -0.15) is 4.99 Å². The van der Waals surface area contributed by atoms with Gasteiger partial charge in [-0.15, -0.1) is 0 Å². The Morgan fingerprint density at radius 1 is 1.06 bits per heavy atom. The molecule has 0 spiro atoms. The van der Waals surface area contributed by atoms with Crippen molar-refractivity contribution >= 4 is 43.2 Å². The van der Waals surface area contributed by atoms with E-state index < -0.39 is 15.9 Å². The van der Waals surface area contributed by atoms with Crippen LogP contribution in [0.15, 0.2) is 76.6 Å². The Labute approximate surface area is 213 Å². The Bertz CT molecular complexity index is 1540. The van der Waals surface area contributed by atoms with Crippen LogP contribution >= 0.6 is 11.3 Å². The molecule has 0 fully saturated rings. The highest BCUT2D eigenvalue weighted by Gasteiger charge is 2.15. The average Bonchev–Trinajstić information content (AvgIpc) is 3.19. The summed E-state index contributed by atoms with van der Waals surface area (Å²) in [5.74, 6) is 0.331. The molecule has 0 atom stereocenters. The Kier molecular flexibility index (Phi) is 7.88. The third-order valence-electron chi connectivity index (χ3n) is 5.40. The molecule has 0 aliphatic rings. The Morgan fingerprint density at radius 2 is 1.78 bits per heavy atom. The Balaban J connectivity index is 1.60. The summed E-state index contributed by atoms with van der Waals surface area (Å²) in [6.45, 7) is 5.39. The molecule has 0 bridgehead atoms. The highest BCUT2D eigenvalue weighted by atomic mass is 32.2. The number of sulfonamides is 1. The molecule has 1 heterocycles. The number of hydrogen-bond donors (Lipinski definition) is 1. The maximum Gasteiger partial charge on any atom is 0.279 e. The van der Waals surface area contributed by atoms with Crippen molar-refractivity contribution in [1.82, 2.24) is 4.57 Å². The smallest absolute Gasteiger partial charge is 0.279 e. The fourth-order valence-corrected chi connectivity index (χ4v) is 5.70. The molecule has 0 saturated heterocycles. The van der Waals surface area contributed by atoms with Crippen LogP contribution < -0.4 is 14.3 Å². The van der Waals surface area contributed by atoms with Crippen molar-refractivity contribution in [3.05, 3.63) is 82.7 Å². The van der Waals surface area contributed by atoms with Gasteiger partial charge in [0.1, 0.15) is 5.75 Å². The van der Waals surface area contributed by atoms with Gasteiger partial charge < -0.3 is 14.0 Å². The normalized spacial score (nSPS) is 12.1. The molecule has 0 aliphatic heterocycles. The van der Waals surface area contributed by atoms with E-state index in [9.17, 15) is 13.2 Å². The van der Waals surface area contributed by atoms with Gasteiger partial charge in [0, 0.05) is 24.9 Å². The molecule has 1 aromatic heterocycles. The number of benzene rings is 3. The van der Waals surface area contributed by atoms with Crippen LogP contribution in [0.3, 0.4) is 0 Å². The van der Waals surface area contributed by atoms with Gasteiger partial charge in [-0.05, 0) is 68.4 Å². The number of methoxy groups -OCH3 is 1. The van der Waals surface area contributed by atoms with E-state index in [-0.39, 0.29) is 4.90 Å². The highest BCUT2D eigenvalue weighted by Crippen LogP contribution is 2.24. The van der Waals surface area contributed by atoms with Gasteiger partial charge in [-0.1, -0.05) is 29.0 Å². The number of rotatable bonds is 9. The number of aryl methyl sites for hydroxylation is 1. The lowest BCUT2D eigenvalue weighted by Gasteiger charge is -2.08. The number of nitrogens with zero attached hydrogens (tertiary/aromatic N) is 2. The number of carbonyl (C=O) groups excluding carboxylic acids is 1. The monoisotopic (exact) mass is 525 g/mol. The van der Waals surface area contributed by atoms with Gasteiger partial charge in [-0.25, -0.2) is 8.42 Å². The summed E-state index contributed by atoms with van der Waals surface area (Å²) in [6.07, 6.45) is 0. The van der Waals surface area contributed by atoms with Crippen molar-refractivity contribution in [3.63, 3.8) is 0 Å². The molecule has 188 valence electrons. The molecule has 10 heteroatoms. The first-order valence-electron chi connectivity index (χ1n) is 11.3. The predicted molar refractivity (Wildman–Crippen MR) is 141 cm³/mol. The van der Waals surface area contributed by atoms with Gasteiger partial charge in [0.2, 0.25) is 0 Å². The van der Waals surface area contributed by atoms with Crippen molar-refractivity contribution in [2.24, 2.45) is 4.99 Å². The van der Waals surface area contributed by atoms with E-state index in [1.54, 1.807) is 55.6 Å². The molecule has 8 nitrogen and oxygen atoms in total. The SMILES string of the molecule is CCOc1ccc2c(c1)sc(=NC(=O)c1ccc(NS(=O)(=O)c3ccc(C)cc3)cc1)n2CCOC. The first kappa shape index (κ1) is 25.6. The van der Waals surface area contributed by atoms with Gasteiger partial charge in [-0.3, -0.25) is 9.52 Å². The molecular formula is C26H27N3O5S2. The van der Waals surface area contributed by atoms with Gasteiger partial charge >= 0.3 is 0 Å². The van der Waals surface area contributed by atoms with Crippen LogP contribution in [0.5, 0.6) is 5.75 Å². The number of anilines is 1. The molecule has 0 aliphatic carbocycles. The Hall–Kier alpha value is -3.47. The number of hydrogen-bond acceptors (Lipinski definition) is 6. The third kappa shape index (κ3) is 5.84. The van der Waals surface area contributed by atoms with Crippen LogP contribution in [-0.2, 0) is 21.3 Å². The zero-order valence-electron chi connectivity index (χ0n) is 20.2. The summed E-state index contributed by atoms with van der Waals surface area (Å²) < 4.78 is 41.5. The molecule has 1 N–H and O–H groups in total. The molecule has 3 aromatic carbocycles. The van der Waals surface area contributed by atoms with Crippen LogP contribution in [0.25, 0.3) is 10.2 Å². The minimum absolute atomic E-state index is 0.168. The maximum atomic E-state index is 13.0. The van der Waals surface area contributed by atoms with Crippen molar-refractivity contribution in [2.45, 2.75) is 25.3 Å². The quantitative estimate of drug-likeness (QED) is 0.344. The summed E-state index contributed by atoms with van der Waals surface area (Å²) in [7, 11) is -2.11. The third-order valence-corrected chi connectivity index (χ3v) is 7.84. The fourth-order valence-electron chi connectivity index (χ4n) is 3.56. The number of nitrogens with one attached hydrogen (secondary N) is 1. The van der Waals surface area contributed by atoms with E-state index >= 15 is 0 Å². The van der Waals surface area contributed by atoms with E-state index in [4.69, 9.17) is 9.47 Å². The lowest BCUT2D eigenvalue weighted by molar-refractivity contribution is 0.0997. The molecule has 0 radical (unpaired) electrons. The largest absolute Gasteiger partial charge is 0.494 e. The zero-order chi connectivity index (χ0) is 25.7. The minimum Gasteiger partial charge on any atom is -0.494 e. The lowest BCUT2D eigenvalue weighted by atomic mass is 10.2. The minimum atomic E-state index is -3.73. The van der Waals surface area contributed by atoms with E-state index in [1.165, 1.54) is 11.3 Å². The second kappa shape index (κ2) is 11.1. The van der Waals surface area contributed by atoms with Crippen LogP contribution in [-0.4, -0.2) is 39.2 Å². The fraction of sp³-hybridized carbons (Fsp3) is 0.231. The molecule has 36 heavy (non-hydrogen) atoms. The van der Waals surface area contributed by atoms with E-state index in [0.717, 1.165) is 21.5 Å². The second-order valence-electron chi connectivity index (χ2n) is 8.00. The summed E-state index contributed by atoms with van der Waals surface area (Å²) in [6, 6.07) is 18.6. The number of fused-ring (bicyclic) bond motifs is 1. The average molecular weight is 526 g/mol. The highest BCUT2D eigenvalue weighted by molar-refractivity contribution is 7.92. The van der Waals surface area contributed by atoms with E-state index in [1.807, 2.05) is 36.6 Å². The summed E-state index contributed by atoms with van der Waals surface area (Å²) in [5.41, 5.74) is 2.61. The number of carbonyl (C=O) groups is 1. The molecule has 4 rings (SSSR count). The molecule has 0 saturated carbocycles. The molecule has 1 amide bonds. The number of ether oxygens (including phenoxy) is 2. The van der Waals surface area contributed by atoms with Crippen molar-refractivity contribution < 1.29 is 22.7 Å².